The molecule has 3 aromatic rings. The summed E-state index contributed by atoms with van der Waals surface area (Å²) in [4.78, 5) is 9.04. The van der Waals surface area contributed by atoms with E-state index in [1.807, 2.05) is 30.3 Å². The molecule has 27 heavy (non-hydrogen) atoms. The minimum Gasteiger partial charge on any atom is -0.368 e. The predicted octanol–water partition coefficient (Wildman–Crippen LogP) is 2.95. The maximum Gasteiger partial charge on any atom is 0.244 e. The summed E-state index contributed by atoms with van der Waals surface area (Å²) in [6, 6.07) is 16.8. The van der Waals surface area contributed by atoms with E-state index in [0.29, 0.717) is 12.5 Å². The molecule has 2 heterocycles. The van der Waals surface area contributed by atoms with Crippen molar-refractivity contribution in [2.45, 2.75) is 6.54 Å². The fourth-order valence-electron chi connectivity index (χ4n) is 3.14. The third kappa shape index (κ3) is 4.31. The summed E-state index contributed by atoms with van der Waals surface area (Å²) < 4.78 is 13.1. The lowest BCUT2D eigenvalue weighted by Crippen LogP contribution is -2.47. The third-order valence-electron chi connectivity index (χ3n) is 4.64. The van der Waals surface area contributed by atoms with Crippen LogP contribution in [-0.4, -0.2) is 41.4 Å². The maximum absolute atomic E-state index is 13.1. The molecule has 1 aliphatic rings. The van der Waals surface area contributed by atoms with Crippen LogP contribution in [0.2, 0.25) is 0 Å². The number of nitrogens with one attached hydrogen (secondary N) is 1. The Kier molecular flexibility index (Phi) is 5.09. The first-order valence-electron chi connectivity index (χ1n) is 9.01. The Morgan fingerprint density at radius 2 is 1.59 bits per heavy atom. The molecule has 0 unspecified atom stereocenters. The number of piperazine rings is 1. The molecule has 1 saturated heterocycles. The van der Waals surface area contributed by atoms with E-state index >= 15 is 0 Å². The second-order valence-electron chi connectivity index (χ2n) is 6.43. The van der Waals surface area contributed by atoms with Crippen LogP contribution < -0.4 is 15.1 Å². The second-order valence-corrected chi connectivity index (χ2v) is 6.43. The molecule has 0 radical (unpaired) electrons. The van der Waals surface area contributed by atoms with Crippen molar-refractivity contribution in [3.05, 3.63) is 72.2 Å². The standard InChI is InChI=1S/C20H21FN6/c21-17-6-8-18(9-7-17)26-10-12-27(13-11-26)19-15-23-25-20(24-19)22-14-16-4-2-1-3-5-16/h1-9,15H,10-14H2,(H,22,24,25). The van der Waals surface area contributed by atoms with E-state index in [1.54, 1.807) is 6.20 Å². The van der Waals surface area contributed by atoms with Gasteiger partial charge in [0.1, 0.15) is 5.82 Å². The molecule has 0 saturated carbocycles. The Morgan fingerprint density at radius 1 is 0.889 bits per heavy atom. The molecule has 0 bridgehead atoms. The number of anilines is 3. The Hall–Kier alpha value is -3.22. The number of rotatable bonds is 5. The molecule has 1 aromatic heterocycles. The minimum atomic E-state index is -0.208. The number of aromatic nitrogens is 3. The van der Waals surface area contributed by atoms with Crippen molar-refractivity contribution in [2.75, 3.05) is 41.3 Å². The summed E-state index contributed by atoms with van der Waals surface area (Å²) in [5, 5.41) is 11.4. The Labute approximate surface area is 157 Å². The summed E-state index contributed by atoms with van der Waals surface area (Å²) in [5.74, 6) is 1.14. The summed E-state index contributed by atoms with van der Waals surface area (Å²) >= 11 is 0. The highest BCUT2D eigenvalue weighted by molar-refractivity contribution is 5.49. The van der Waals surface area contributed by atoms with Gasteiger partial charge in [-0.05, 0) is 29.8 Å². The van der Waals surface area contributed by atoms with Crippen molar-refractivity contribution in [2.24, 2.45) is 0 Å². The van der Waals surface area contributed by atoms with E-state index in [-0.39, 0.29) is 5.82 Å². The number of hydrogen-bond acceptors (Lipinski definition) is 6. The van der Waals surface area contributed by atoms with Gasteiger partial charge in [-0.2, -0.15) is 10.1 Å². The quantitative estimate of drug-likeness (QED) is 0.751. The van der Waals surface area contributed by atoms with Gasteiger partial charge in [0.25, 0.3) is 0 Å². The topological polar surface area (TPSA) is 57.2 Å². The van der Waals surface area contributed by atoms with Crippen LogP contribution in [-0.2, 0) is 6.54 Å². The lowest BCUT2D eigenvalue weighted by molar-refractivity contribution is 0.624. The molecule has 4 rings (SSSR count). The summed E-state index contributed by atoms with van der Waals surface area (Å²) in [7, 11) is 0. The molecule has 1 N–H and O–H groups in total. The largest absolute Gasteiger partial charge is 0.368 e. The zero-order valence-electron chi connectivity index (χ0n) is 14.9. The first kappa shape index (κ1) is 17.2. The second kappa shape index (κ2) is 7.99. The zero-order chi connectivity index (χ0) is 18.5. The molecule has 7 heteroatoms. The minimum absolute atomic E-state index is 0.208. The van der Waals surface area contributed by atoms with Crippen LogP contribution in [0.5, 0.6) is 0 Å². The Balaban J connectivity index is 1.36. The van der Waals surface area contributed by atoms with Crippen LogP contribution in [0.15, 0.2) is 60.8 Å². The van der Waals surface area contributed by atoms with Crippen molar-refractivity contribution >= 4 is 17.5 Å². The molecule has 0 spiro atoms. The van der Waals surface area contributed by atoms with Gasteiger partial charge in [-0.1, -0.05) is 30.3 Å². The molecule has 1 aliphatic heterocycles. The molecule has 2 aromatic carbocycles. The molecule has 0 aliphatic carbocycles. The van der Waals surface area contributed by atoms with Crippen LogP contribution in [0.4, 0.5) is 21.8 Å². The average Bonchev–Trinajstić information content (AvgIpc) is 2.74. The van der Waals surface area contributed by atoms with E-state index in [4.69, 9.17) is 0 Å². The van der Waals surface area contributed by atoms with E-state index in [1.165, 1.54) is 17.7 Å². The van der Waals surface area contributed by atoms with Crippen LogP contribution in [0.3, 0.4) is 0 Å². The molecule has 138 valence electrons. The van der Waals surface area contributed by atoms with Gasteiger partial charge < -0.3 is 15.1 Å². The summed E-state index contributed by atoms with van der Waals surface area (Å²) in [6.45, 7) is 4.01. The number of hydrogen-bond donors (Lipinski definition) is 1. The lowest BCUT2D eigenvalue weighted by Gasteiger charge is -2.36. The Morgan fingerprint density at radius 3 is 2.33 bits per heavy atom. The van der Waals surface area contributed by atoms with E-state index < -0.39 is 0 Å². The van der Waals surface area contributed by atoms with Crippen LogP contribution in [0.25, 0.3) is 0 Å². The molecular weight excluding hydrogens is 343 g/mol. The monoisotopic (exact) mass is 364 g/mol. The lowest BCUT2D eigenvalue weighted by atomic mass is 10.2. The predicted molar refractivity (Wildman–Crippen MR) is 104 cm³/mol. The first-order chi connectivity index (χ1) is 13.3. The normalized spacial score (nSPS) is 14.3. The van der Waals surface area contributed by atoms with E-state index in [2.05, 4.69) is 42.4 Å². The van der Waals surface area contributed by atoms with Crippen LogP contribution in [0, 0.1) is 5.82 Å². The highest BCUT2D eigenvalue weighted by Gasteiger charge is 2.19. The van der Waals surface area contributed by atoms with Crippen molar-refractivity contribution in [1.82, 2.24) is 15.2 Å². The average molecular weight is 364 g/mol. The molecule has 1 fully saturated rings. The zero-order valence-corrected chi connectivity index (χ0v) is 14.9. The highest BCUT2D eigenvalue weighted by atomic mass is 19.1. The van der Waals surface area contributed by atoms with Gasteiger partial charge in [0.2, 0.25) is 5.95 Å². The van der Waals surface area contributed by atoms with Gasteiger partial charge in [-0.3, -0.25) is 0 Å². The maximum atomic E-state index is 13.1. The summed E-state index contributed by atoms with van der Waals surface area (Å²) in [5.41, 5.74) is 2.21. The van der Waals surface area contributed by atoms with Crippen molar-refractivity contribution < 1.29 is 4.39 Å². The highest BCUT2D eigenvalue weighted by Crippen LogP contribution is 2.19. The number of nitrogens with zero attached hydrogens (tertiary/aromatic N) is 5. The fraction of sp³-hybridized carbons (Fsp3) is 0.250. The molecule has 6 nitrogen and oxygen atoms in total. The smallest absolute Gasteiger partial charge is 0.244 e. The summed E-state index contributed by atoms with van der Waals surface area (Å²) in [6.07, 6.45) is 1.70. The van der Waals surface area contributed by atoms with Crippen LogP contribution >= 0.6 is 0 Å². The SMILES string of the molecule is Fc1ccc(N2CCN(c3cnnc(NCc4ccccc4)n3)CC2)cc1. The molecule has 0 atom stereocenters. The Bertz CT molecular complexity index is 863. The van der Waals surface area contributed by atoms with Crippen molar-refractivity contribution in [3.8, 4) is 0 Å². The first-order valence-corrected chi connectivity index (χ1v) is 9.01. The van der Waals surface area contributed by atoms with Gasteiger partial charge >= 0.3 is 0 Å². The van der Waals surface area contributed by atoms with Gasteiger partial charge in [0.05, 0.1) is 6.20 Å². The van der Waals surface area contributed by atoms with Gasteiger partial charge in [-0.15, -0.1) is 5.10 Å². The number of benzene rings is 2. The van der Waals surface area contributed by atoms with E-state index in [0.717, 1.165) is 37.7 Å². The third-order valence-corrected chi connectivity index (χ3v) is 4.64. The molecular formula is C20H21FN6. The van der Waals surface area contributed by atoms with Crippen molar-refractivity contribution in [3.63, 3.8) is 0 Å². The number of halogens is 1. The van der Waals surface area contributed by atoms with Crippen LogP contribution in [0.1, 0.15) is 5.56 Å². The fourth-order valence-corrected chi connectivity index (χ4v) is 3.14. The van der Waals surface area contributed by atoms with Crippen molar-refractivity contribution in [1.29, 1.82) is 0 Å². The van der Waals surface area contributed by atoms with Gasteiger partial charge in [0, 0.05) is 38.4 Å². The van der Waals surface area contributed by atoms with E-state index in [9.17, 15) is 4.39 Å². The van der Waals surface area contributed by atoms with Gasteiger partial charge in [-0.25, -0.2) is 4.39 Å². The molecule has 0 amide bonds. The van der Waals surface area contributed by atoms with Gasteiger partial charge in [0.15, 0.2) is 5.82 Å².